The number of carbonyl (C=O) groups is 2. The molecule has 1 fully saturated rings. The number of nitrogens with zero attached hydrogens (tertiary/aromatic N) is 2. The molecule has 1 atom stereocenters. The lowest BCUT2D eigenvalue weighted by Gasteiger charge is -2.19. The van der Waals surface area contributed by atoms with Gasteiger partial charge in [0.25, 0.3) is 0 Å². The highest BCUT2D eigenvalue weighted by Gasteiger charge is 2.35. The highest BCUT2D eigenvalue weighted by Crippen LogP contribution is 2.32. The number of imidazole rings is 1. The van der Waals surface area contributed by atoms with Crippen molar-refractivity contribution in [2.24, 2.45) is 5.92 Å². The summed E-state index contributed by atoms with van der Waals surface area (Å²) in [6.45, 7) is 0.947. The van der Waals surface area contributed by atoms with Crippen LogP contribution in [0.3, 0.4) is 0 Å². The average Bonchev–Trinajstić information content (AvgIpc) is 3.28. The van der Waals surface area contributed by atoms with Gasteiger partial charge in [-0.3, -0.25) is 9.59 Å². The lowest BCUT2D eigenvalue weighted by atomic mass is 10.1. The quantitative estimate of drug-likeness (QED) is 0.747. The maximum absolute atomic E-state index is 12.3. The molecule has 7 nitrogen and oxygen atoms in total. The van der Waals surface area contributed by atoms with Crippen LogP contribution < -0.4 is 15.0 Å². The van der Waals surface area contributed by atoms with Crippen LogP contribution in [0.4, 0.5) is 5.69 Å². The molecule has 0 radical (unpaired) electrons. The molecular formula is C18H22N4O3. The minimum Gasteiger partial charge on any atom is -0.495 e. The van der Waals surface area contributed by atoms with Crippen LogP contribution in [-0.4, -0.2) is 42.0 Å². The standard InChI is InChI=1S/C18H22N4O3/c1-25-15-6-3-2-5-14(15)22-12-13(11-17(22)23)18(24)21-8-4-7-16-19-9-10-20-16/h2-3,5-6,9-10,13H,4,7-8,11-12H2,1H3,(H,19,20)(H,21,24). The van der Waals surface area contributed by atoms with E-state index in [0.717, 1.165) is 18.7 Å². The zero-order valence-electron chi connectivity index (χ0n) is 14.2. The Balaban J connectivity index is 1.52. The van der Waals surface area contributed by atoms with E-state index in [-0.39, 0.29) is 24.2 Å². The molecule has 25 heavy (non-hydrogen) atoms. The largest absolute Gasteiger partial charge is 0.495 e. The number of hydrogen-bond donors (Lipinski definition) is 2. The Morgan fingerprint density at radius 3 is 3.04 bits per heavy atom. The van der Waals surface area contributed by atoms with Gasteiger partial charge in [0.1, 0.15) is 11.6 Å². The van der Waals surface area contributed by atoms with Gasteiger partial charge in [0.15, 0.2) is 0 Å². The van der Waals surface area contributed by atoms with Crippen molar-refractivity contribution in [2.45, 2.75) is 19.3 Å². The summed E-state index contributed by atoms with van der Waals surface area (Å²) in [5.41, 5.74) is 0.711. The van der Waals surface area contributed by atoms with Crippen molar-refractivity contribution in [3.63, 3.8) is 0 Å². The van der Waals surface area contributed by atoms with Gasteiger partial charge in [0.05, 0.1) is 18.7 Å². The first-order valence-electron chi connectivity index (χ1n) is 8.38. The number of carbonyl (C=O) groups excluding carboxylic acids is 2. The minimum atomic E-state index is -0.332. The number of ether oxygens (including phenoxy) is 1. The predicted octanol–water partition coefficient (Wildman–Crippen LogP) is 1.52. The van der Waals surface area contributed by atoms with E-state index in [1.807, 2.05) is 24.3 Å². The van der Waals surface area contributed by atoms with Crippen LogP contribution in [-0.2, 0) is 16.0 Å². The van der Waals surface area contributed by atoms with Crippen molar-refractivity contribution in [1.82, 2.24) is 15.3 Å². The molecule has 2 heterocycles. The molecule has 1 aliphatic heterocycles. The molecule has 3 rings (SSSR count). The summed E-state index contributed by atoms with van der Waals surface area (Å²) in [5, 5.41) is 2.92. The molecule has 0 saturated carbocycles. The molecule has 2 N–H and O–H groups in total. The van der Waals surface area contributed by atoms with Crippen LogP contribution in [0, 0.1) is 5.92 Å². The van der Waals surface area contributed by atoms with Crippen molar-refractivity contribution in [1.29, 1.82) is 0 Å². The molecule has 0 spiro atoms. The monoisotopic (exact) mass is 342 g/mol. The van der Waals surface area contributed by atoms with E-state index < -0.39 is 0 Å². The third-order valence-corrected chi connectivity index (χ3v) is 4.32. The zero-order chi connectivity index (χ0) is 17.6. The molecular weight excluding hydrogens is 320 g/mol. The van der Waals surface area contributed by atoms with Gasteiger partial charge in [0.2, 0.25) is 11.8 Å². The van der Waals surface area contributed by atoms with Crippen molar-refractivity contribution >= 4 is 17.5 Å². The maximum atomic E-state index is 12.3. The topological polar surface area (TPSA) is 87.3 Å². The second-order valence-electron chi connectivity index (χ2n) is 6.01. The Morgan fingerprint density at radius 2 is 2.28 bits per heavy atom. The van der Waals surface area contributed by atoms with Gasteiger partial charge in [0, 0.05) is 38.3 Å². The molecule has 7 heteroatoms. The molecule has 1 aromatic carbocycles. The fourth-order valence-electron chi connectivity index (χ4n) is 3.02. The Morgan fingerprint density at radius 1 is 1.44 bits per heavy atom. The first kappa shape index (κ1) is 17.0. The van der Waals surface area contributed by atoms with Crippen LogP contribution in [0.15, 0.2) is 36.7 Å². The van der Waals surface area contributed by atoms with E-state index in [4.69, 9.17) is 4.74 Å². The number of para-hydroxylation sites is 2. The number of H-pyrrole nitrogens is 1. The van der Waals surface area contributed by atoms with Crippen LogP contribution in [0.5, 0.6) is 5.75 Å². The van der Waals surface area contributed by atoms with E-state index in [1.165, 1.54) is 0 Å². The van der Waals surface area contributed by atoms with E-state index in [0.29, 0.717) is 24.5 Å². The first-order chi connectivity index (χ1) is 12.2. The summed E-state index contributed by atoms with van der Waals surface area (Å²) >= 11 is 0. The Hall–Kier alpha value is -2.83. The van der Waals surface area contributed by atoms with E-state index >= 15 is 0 Å². The number of hydrogen-bond acceptors (Lipinski definition) is 4. The van der Waals surface area contributed by atoms with Crippen molar-refractivity contribution in [3.05, 3.63) is 42.5 Å². The fourth-order valence-corrected chi connectivity index (χ4v) is 3.02. The van der Waals surface area contributed by atoms with Gasteiger partial charge in [-0.2, -0.15) is 0 Å². The molecule has 2 amide bonds. The van der Waals surface area contributed by atoms with Crippen molar-refractivity contribution in [2.75, 3.05) is 25.1 Å². The summed E-state index contributed by atoms with van der Waals surface area (Å²) in [5.74, 6) is 1.08. The third kappa shape index (κ3) is 3.99. The molecule has 0 aliphatic carbocycles. The smallest absolute Gasteiger partial charge is 0.227 e. The highest BCUT2D eigenvalue weighted by atomic mass is 16.5. The first-order valence-corrected chi connectivity index (χ1v) is 8.38. The summed E-state index contributed by atoms with van der Waals surface area (Å²) in [4.78, 5) is 33.5. The van der Waals surface area contributed by atoms with Gasteiger partial charge in [-0.1, -0.05) is 12.1 Å². The van der Waals surface area contributed by atoms with Crippen molar-refractivity contribution in [3.8, 4) is 5.75 Å². The van der Waals surface area contributed by atoms with E-state index in [2.05, 4.69) is 15.3 Å². The van der Waals surface area contributed by atoms with Gasteiger partial charge >= 0.3 is 0 Å². The fraction of sp³-hybridized carbons (Fsp3) is 0.389. The second kappa shape index (κ2) is 7.83. The van der Waals surface area contributed by atoms with Crippen LogP contribution in [0.2, 0.25) is 0 Å². The number of aromatic amines is 1. The van der Waals surface area contributed by atoms with Crippen molar-refractivity contribution < 1.29 is 14.3 Å². The number of nitrogens with one attached hydrogen (secondary N) is 2. The van der Waals surface area contributed by atoms with Gasteiger partial charge in [-0.15, -0.1) is 0 Å². The Bertz CT molecular complexity index is 730. The van der Waals surface area contributed by atoms with Crippen LogP contribution in [0.25, 0.3) is 0 Å². The molecule has 1 saturated heterocycles. The van der Waals surface area contributed by atoms with Gasteiger partial charge in [-0.25, -0.2) is 4.98 Å². The lowest BCUT2D eigenvalue weighted by Crippen LogP contribution is -2.33. The number of aryl methyl sites for hydroxylation is 1. The lowest BCUT2D eigenvalue weighted by molar-refractivity contribution is -0.126. The van der Waals surface area contributed by atoms with E-state index in [9.17, 15) is 9.59 Å². The molecule has 0 bridgehead atoms. The minimum absolute atomic E-state index is 0.0553. The van der Waals surface area contributed by atoms with E-state index in [1.54, 1.807) is 24.4 Å². The summed E-state index contributed by atoms with van der Waals surface area (Å²) < 4.78 is 5.31. The Kier molecular flexibility index (Phi) is 5.33. The summed E-state index contributed by atoms with van der Waals surface area (Å²) in [6, 6.07) is 7.35. The van der Waals surface area contributed by atoms with Crippen LogP contribution in [0.1, 0.15) is 18.7 Å². The SMILES string of the molecule is COc1ccccc1N1CC(C(=O)NCCCc2ncc[nH]2)CC1=O. The number of benzene rings is 1. The number of aromatic nitrogens is 2. The molecule has 1 aliphatic rings. The zero-order valence-corrected chi connectivity index (χ0v) is 14.2. The third-order valence-electron chi connectivity index (χ3n) is 4.32. The number of rotatable bonds is 7. The van der Waals surface area contributed by atoms with Crippen LogP contribution >= 0.6 is 0 Å². The number of amides is 2. The van der Waals surface area contributed by atoms with Gasteiger partial charge in [-0.05, 0) is 18.6 Å². The molecule has 132 valence electrons. The summed E-state index contributed by atoms with van der Waals surface area (Å²) in [6.07, 6.45) is 5.30. The highest BCUT2D eigenvalue weighted by molar-refractivity contribution is 6.01. The average molecular weight is 342 g/mol. The molecule has 2 aromatic rings. The summed E-state index contributed by atoms with van der Waals surface area (Å²) in [7, 11) is 1.57. The normalized spacial score (nSPS) is 16.9. The number of methoxy groups -OCH3 is 1. The maximum Gasteiger partial charge on any atom is 0.227 e. The van der Waals surface area contributed by atoms with Gasteiger partial charge < -0.3 is 19.9 Å². The molecule has 1 unspecified atom stereocenters. The second-order valence-corrected chi connectivity index (χ2v) is 6.01. The predicted molar refractivity (Wildman–Crippen MR) is 93.4 cm³/mol. The Labute approximate surface area is 146 Å². The molecule has 1 aromatic heterocycles. The number of anilines is 1.